The van der Waals surface area contributed by atoms with Crippen molar-refractivity contribution in [3.8, 4) is 17.2 Å². The quantitative estimate of drug-likeness (QED) is 0.751. The highest BCUT2D eigenvalue weighted by molar-refractivity contribution is 5.95. The molecule has 1 aliphatic heterocycles. The van der Waals surface area contributed by atoms with E-state index in [0.717, 1.165) is 25.9 Å². The van der Waals surface area contributed by atoms with Crippen molar-refractivity contribution in [1.29, 1.82) is 0 Å². The van der Waals surface area contributed by atoms with Crippen molar-refractivity contribution in [1.82, 2.24) is 9.88 Å². The van der Waals surface area contributed by atoms with E-state index in [4.69, 9.17) is 9.47 Å². The van der Waals surface area contributed by atoms with E-state index in [0.29, 0.717) is 18.2 Å². The zero-order valence-corrected chi connectivity index (χ0v) is 16.6. The summed E-state index contributed by atoms with van der Waals surface area (Å²) in [5, 5.41) is 9.32. The van der Waals surface area contributed by atoms with Crippen LogP contribution >= 0.6 is 0 Å². The van der Waals surface area contributed by atoms with Crippen LogP contribution < -0.4 is 9.47 Å². The number of aromatic nitrogens is 1. The number of fused-ring (bicyclic) bond motifs is 1. The van der Waals surface area contributed by atoms with Crippen LogP contribution in [-0.2, 0) is 0 Å². The molecule has 29 heavy (non-hydrogen) atoms. The van der Waals surface area contributed by atoms with Crippen molar-refractivity contribution in [2.75, 3.05) is 26.7 Å². The first-order valence-electron chi connectivity index (χ1n) is 9.78. The molecule has 2 heterocycles. The van der Waals surface area contributed by atoms with Gasteiger partial charge < -0.3 is 14.6 Å². The number of benzene rings is 1. The Morgan fingerprint density at radius 1 is 1.34 bits per heavy atom. The highest BCUT2D eigenvalue weighted by Crippen LogP contribution is 2.49. The van der Waals surface area contributed by atoms with Crippen molar-refractivity contribution in [3.63, 3.8) is 0 Å². The van der Waals surface area contributed by atoms with Gasteiger partial charge in [0.15, 0.2) is 17.3 Å². The minimum absolute atomic E-state index is 0.0304. The lowest BCUT2D eigenvalue weighted by atomic mass is 9.83. The van der Waals surface area contributed by atoms with Crippen molar-refractivity contribution in [3.05, 3.63) is 48.0 Å². The zero-order valence-electron chi connectivity index (χ0n) is 16.6. The normalized spacial score (nSPS) is 26.3. The lowest BCUT2D eigenvalue weighted by Gasteiger charge is -2.24. The lowest BCUT2D eigenvalue weighted by molar-refractivity contribution is 0.0925. The molecule has 1 aliphatic carbocycles. The third-order valence-corrected chi connectivity index (χ3v) is 6.13. The van der Waals surface area contributed by atoms with Gasteiger partial charge in [0, 0.05) is 13.1 Å². The maximum Gasteiger partial charge on any atom is 0.206 e. The standard InChI is InChI=1S/C22H25FN2O4/c1-22-9-16(29-20-5-3-4-19(28-2)21(20)23)8-14(22)11-25(13-22)12-18(27)17-7-6-15(26)10-24-17/h3-7,10,14,16,26H,8-9,11-13H2,1-2H3/t14-,16+,22+/m1/s1. The minimum atomic E-state index is -0.467. The van der Waals surface area contributed by atoms with Crippen molar-refractivity contribution >= 4 is 5.78 Å². The number of rotatable bonds is 6. The van der Waals surface area contributed by atoms with Gasteiger partial charge in [0.2, 0.25) is 5.82 Å². The summed E-state index contributed by atoms with van der Waals surface area (Å²) in [7, 11) is 1.44. The number of ether oxygens (including phenoxy) is 2. The molecular formula is C22H25FN2O4. The molecule has 4 rings (SSSR count). The van der Waals surface area contributed by atoms with E-state index in [1.165, 1.54) is 19.4 Å². The summed E-state index contributed by atoms with van der Waals surface area (Å²) in [6, 6.07) is 7.94. The molecule has 154 valence electrons. The predicted molar refractivity (Wildman–Crippen MR) is 105 cm³/mol. The molecule has 2 aromatic rings. The summed E-state index contributed by atoms with van der Waals surface area (Å²) >= 11 is 0. The van der Waals surface area contributed by atoms with Gasteiger partial charge in [-0.25, -0.2) is 4.98 Å². The van der Waals surface area contributed by atoms with E-state index < -0.39 is 5.82 Å². The largest absolute Gasteiger partial charge is 0.506 e. The Morgan fingerprint density at radius 2 is 2.14 bits per heavy atom. The molecule has 0 spiro atoms. The van der Waals surface area contributed by atoms with E-state index in [2.05, 4.69) is 16.8 Å². The molecule has 1 saturated heterocycles. The number of hydrogen-bond acceptors (Lipinski definition) is 6. The molecule has 0 bridgehead atoms. The second-order valence-corrected chi connectivity index (χ2v) is 8.30. The monoisotopic (exact) mass is 400 g/mol. The fourth-order valence-electron chi connectivity index (χ4n) is 4.71. The van der Waals surface area contributed by atoms with Gasteiger partial charge in [0.1, 0.15) is 11.4 Å². The van der Waals surface area contributed by atoms with Crippen LogP contribution in [-0.4, -0.2) is 53.6 Å². The van der Waals surface area contributed by atoms with E-state index in [1.807, 2.05) is 0 Å². The Kier molecular flexibility index (Phi) is 5.17. The molecule has 0 radical (unpaired) electrons. The molecule has 0 unspecified atom stereocenters. The Morgan fingerprint density at radius 3 is 2.83 bits per heavy atom. The van der Waals surface area contributed by atoms with Gasteiger partial charge in [0.25, 0.3) is 0 Å². The number of likely N-dealkylation sites (tertiary alicyclic amines) is 1. The average Bonchev–Trinajstić information content (AvgIpc) is 3.14. The van der Waals surface area contributed by atoms with E-state index in [9.17, 15) is 14.3 Å². The molecule has 1 aromatic carbocycles. The van der Waals surface area contributed by atoms with E-state index in [-0.39, 0.29) is 34.6 Å². The van der Waals surface area contributed by atoms with Gasteiger partial charge in [-0.15, -0.1) is 0 Å². The van der Waals surface area contributed by atoms with Crippen LogP contribution in [0.4, 0.5) is 4.39 Å². The zero-order chi connectivity index (χ0) is 20.6. The number of hydrogen-bond donors (Lipinski definition) is 1. The topological polar surface area (TPSA) is 71.9 Å². The summed E-state index contributed by atoms with van der Waals surface area (Å²) in [4.78, 5) is 18.6. The summed E-state index contributed by atoms with van der Waals surface area (Å²) in [6.07, 6.45) is 2.88. The number of Topliss-reactive ketones (excluding diaryl/α,β-unsaturated/α-hetero) is 1. The molecule has 6 nitrogen and oxygen atoms in total. The molecule has 2 fully saturated rings. The van der Waals surface area contributed by atoms with Crippen LogP contribution in [0.5, 0.6) is 17.2 Å². The SMILES string of the molecule is COc1cccc(O[C@H]2C[C@@H]3CN(CC(=O)c4ccc(O)cn4)C[C@]3(C)C2)c1F. The Bertz CT molecular complexity index is 904. The molecule has 1 aromatic heterocycles. The third-order valence-electron chi connectivity index (χ3n) is 6.13. The number of halogens is 1. The molecule has 0 amide bonds. The maximum absolute atomic E-state index is 14.4. The number of aromatic hydroxyl groups is 1. The van der Waals surface area contributed by atoms with Crippen molar-refractivity contribution in [2.24, 2.45) is 11.3 Å². The number of carbonyl (C=O) groups excluding carboxylic acids is 1. The van der Waals surface area contributed by atoms with Crippen molar-refractivity contribution < 1.29 is 23.8 Å². The number of ketones is 1. The molecule has 1 saturated carbocycles. The average molecular weight is 400 g/mol. The summed E-state index contributed by atoms with van der Waals surface area (Å²) in [6.45, 7) is 4.12. The second-order valence-electron chi connectivity index (χ2n) is 8.30. The summed E-state index contributed by atoms with van der Waals surface area (Å²) < 4.78 is 25.4. The first-order chi connectivity index (χ1) is 13.9. The summed E-state index contributed by atoms with van der Waals surface area (Å²) in [5.41, 5.74) is 0.391. The predicted octanol–water partition coefficient (Wildman–Crippen LogP) is 3.30. The molecule has 2 aliphatic rings. The first-order valence-corrected chi connectivity index (χ1v) is 9.78. The minimum Gasteiger partial charge on any atom is -0.506 e. The third kappa shape index (κ3) is 3.92. The van der Waals surface area contributed by atoms with E-state index >= 15 is 0 Å². The smallest absolute Gasteiger partial charge is 0.206 e. The first kappa shape index (κ1) is 19.6. The maximum atomic E-state index is 14.4. The lowest BCUT2D eigenvalue weighted by Crippen LogP contribution is -2.32. The Hall–Kier alpha value is -2.67. The van der Waals surface area contributed by atoms with Crippen LogP contribution in [0.3, 0.4) is 0 Å². The van der Waals surface area contributed by atoms with Gasteiger partial charge in [0.05, 0.1) is 26.0 Å². The van der Waals surface area contributed by atoms with Gasteiger partial charge in [-0.05, 0) is 48.4 Å². The number of pyridine rings is 1. The molecule has 7 heteroatoms. The van der Waals surface area contributed by atoms with E-state index in [1.54, 1.807) is 24.3 Å². The summed E-state index contributed by atoms with van der Waals surface area (Å²) in [5.74, 6) is 0.318. The number of methoxy groups -OCH3 is 1. The van der Waals surface area contributed by atoms with Crippen LogP contribution in [0.15, 0.2) is 36.5 Å². The highest BCUT2D eigenvalue weighted by atomic mass is 19.1. The van der Waals surface area contributed by atoms with Gasteiger partial charge >= 0.3 is 0 Å². The second kappa shape index (κ2) is 7.63. The molecule has 3 atom stereocenters. The number of nitrogens with zero attached hydrogens (tertiary/aromatic N) is 2. The van der Waals surface area contributed by atoms with Crippen molar-refractivity contribution in [2.45, 2.75) is 25.9 Å². The van der Waals surface area contributed by atoms with Gasteiger partial charge in [-0.2, -0.15) is 4.39 Å². The van der Waals surface area contributed by atoms with Crippen LogP contribution in [0.25, 0.3) is 0 Å². The fraction of sp³-hybridized carbons (Fsp3) is 0.455. The highest BCUT2D eigenvalue weighted by Gasteiger charge is 2.50. The van der Waals surface area contributed by atoms with Gasteiger partial charge in [-0.3, -0.25) is 9.69 Å². The van der Waals surface area contributed by atoms with Crippen LogP contribution in [0.1, 0.15) is 30.3 Å². The molecular weight excluding hydrogens is 375 g/mol. The fourth-order valence-corrected chi connectivity index (χ4v) is 4.71. The van der Waals surface area contributed by atoms with Gasteiger partial charge in [-0.1, -0.05) is 13.0 Å². The van der Waals surface area contributed by atoms with Crippen LogP contribution in [0, 0.1) is 17.2 Å². The number of carbonyl (C=O) groups is 1. The van der Waals surface area contributed by atoms with Crippen LogP contribution in [0.2, 0.25) is 0 Å². The molecule has 1 N–H and O–H groups in total. The Balaban J connectivity index is 1.36. The Labute approximate surface area is 169 Å².